The third-order valence-corrected chi connectivity index (χ3v) is 1.20. The summed E-state index contributed by atoms with van der Waals surface area (Å²) in [6.07, 6.45) is -20.5. The Morgan fingerprint density at radius 2 is 0.875 bits per heavy atom. The average molecular weight is 267 g/mol. The highest BCUT2D eigenvalue weighted by Gasteiger charge is 2.84. The molecule has 2 nitrogen and oxygen atoms in total. The maximum absolute atomic E-state index is 12.1. The van der Waals surface area contributed by atoms with Gasteiger partial charge in [0.15, 0.2) is 0 Å². The maximum atomic E-state index is 12.1. The second-order valence-electron chi connectivity index (χ2n) is 2.20. The summed E-state index contributed by atoms with van der Waals surface area (Å²) in [6, 6.07) is 0. The molecule has 0 aromatic carbocycles. The molecule has 0 spiro atoms. The van der Waals surface area contributed by atoms with E-state index in [4.69, 9.17) is 5.11 Å². The van der Waals surface area contributed by atoms with Gasteiger partial charge in [-0.15, -0.1) is 0 Å². The molecule has 0 aliphatic heterocycles. The summed E-state index contributed by atoms with van der Waals surface area (Å²) in [6.45, 7) is 0. The zero-order chi connectivity index (χ0) is 14.0. The first-order chi connectivity index (χ1) is 6.75. The van der Waals surface area contributed by atoms with Crippen molar-refractivity contribution in [2.24, 2.45) is 5.73 Å². The van der Waals surface area contributed by atoms with Crippen LogP contribution in [0.4, 0.5) is 39.5 Å². The minimum Gasteiger partial charge on any atom is -0.333 e. The Kier molecular flexibility index (Phi) is 5.14. The second-order valence-corrected chi connectivity index (χ2v) is 2.20. The molecule has 0 rings (SSSR count). The number of hydrogen-bond donors (Lipinski definition) is 2. The van der Waals surface area contributed by atoms with Crippen LogP contribution in [-0.4, -0.2) is 36.3 Å². The molecule has 0 aromatic heterocycles. The second kappa shape index (κ2) is 4.65. The molecule has 3 N–H and O–H groups in total. The summed E-state index contributed by atoms with van der Waals surface area (Å²) in [5.74, 6) is 0. The van der Waals surface area contributed by atoms with Crippen molar-refractivity contribution in [1.82, 2.24) is 0 Å². The van der Waals surface area contributed by atoms with Gasteiger partial charge in [0.1, 0.15) is 0 Å². The average Bonchev–Trinajstić information content (AvgIpc) is 2.00. The van der Waals surface area contributed by atoms with Crippen LogP contribution in [0.15, 0.2) is 0 Å². The third kappa shape index (κ3) is 2.90. The molecule has 0 aliphatic rings. The number of nitrogens with two attached hydrogens (primary N) is 1. The molecule has 100 valence electrons. The number of rotatable bonds is 1. The fourth-order valence-electron chi connectivity index (χ4n) is 0.502. The van der Waals surface area contributed by atoms with Crippen molar-refractivity contribution in [3.05, 3.63) is 0 Å². The number of halogens is 9. The molecule has 0 bridgehead atoms. The minimum absolute atomic E-state index is 1.50. The van der Waals surface area contributed by atoms with E-state index < -0.39 is 24.1 Å². The lowest BCUT2D eigenvalue weighted by Gasteiger charge is -2.32. The summed E-state index contributed by atoms with van der Waals surface area (Å²) in [4.78, 5) is 0. The molecule has 0 saturated heterocycles. The van der Waals surface area contributed by atoms with Gasteiger partial charge in [-0.25, -0.2) is 4.39 Å². The van der Waals surface area contributed by atoms with Crippen LogP contribution in [0.2, 0.25) is 0 Å². The molecule has 0 amide bonds. The molecular weight excluding hydrogens is 261 g/mol. The SMILES string of the molecule is CN.OC(F)(F)C(F)(C(F)(F)F)C(F)(F)F. The van der Waals surface area contributed by atoms with E-state index in [9.17, 15) is 39.5 Å². The Bertz CT molecular complexity index is 177. The van der Waals surface area contributed by atoms with Crippen molar-refractivity contribution in [1.29, 1.82) is 0 Å². The van der Waals surface area contributed by atoms with Crippen LogP contribution in [-0.2, 0) is 0 Å². The minimum atomic E-state index is -6.97. The summed E-state index contributed by atoms with van der Waals surface area (Å²) in [5.41, 5.74) is -2.47. The number of aliphatic hydroxyl groups is 1. The smallest absolute Gasteiger partial charge is 0.333 e. The highest BCUT2D eigenvalue weighted by Crippen LogP contribution is 2.53. The van der Waals surface area contributed by atoms with Gasteiger partial charge in [0.05, 0.1) is 0 Å². The summed E-state index contributed by atoms with van der Waals surface area (Å²) >= 11 is 0. The van der Waals surface area contributed by atoms with Crippen molar-refractivity contribution in [3.8, 4) is 0 Å². The number of hydrogen-bond acceptors (Lipinski definition) is 2. The molecule has 0 radical (unpaired) electrons. The topological polar surface area (TPSA) is 46.2 Å². The van der Waals surface area contributed by atoms with Crippen molar-refractivity contribution in [2.75, 3.05) is 7.05 Å². The number of alkyl halides is 9. The van der Waals surface area contributed by atoms with E-state index in [1.165, 1.54) is 7.05 Å². The zero-order valence-electron chi connectivity index (χ0n) is 7.43. The van der Waals surface area contributed by atoms with Gasteiger partial charge in [-0.3, -0.25) is 0 Å². The van der Waals surface area contributed by atoms with Gasteiger partial charge in [0.25, 0.3) is 0 Å². The molecular formula is C5H6F9NO. The summed E-state index contributed by atoms with van der Waals surface area (Å²) < 4.78 is 103. The van der Waals surface area contributed by atoms with Crippen molar-refractivity contribution in [3.63, 3.8) is 0 Å². The monoisotopic (exact) mass is 267 g/mol. The van der Waals surface area contributed by atoms with Crippen LogP contribution in [0.1, 0.15) is 0 Å². The Balaban J connectivity index is 0. The van der Waals surface area contributed by atoms with Gasteiger partial charge >= 0.3 is 24.1 Å². The predicted molar refractivity (Wildman–Crippen MR) is 33.2 cm³/mol. The van der Waals surface area contributed by atoms with E-state index in [1.54, 1.807) is 0 Å². The van der Waals surface area contributed by atoms with E-state index in [0.29, 0.717) is 0 Å². The fourth-order valence-corrected chi connectivity index (χ4v) is 0.502. The van der Waals surface area contributed by atoms with Gasteiger partial charge in [-0.1, -0.05) is 0 Å². The Hall–Kier alpha value is -0.710. The summed E-state index contributed by atoms with van der Waals surface area (Å²) in [7, 11) is 1.50. The van der Waals surface area contributed by atoms with Gasteiger partial charge < -0.3 is 10.8 Å². The highest BCUT2D eigenvalue weighted by atomic mass is 19.4. The fraction of sp³-hybridized carbons (Fsp3) is 1.00. The molecule has 0 saturated carbocycles. The van der Waals surface area contributed by atoms with Crippen LogP contribution in [0.5, 0.6) is 0 Å². The first-order valence-electron chi connectivity index (χ1n) is 3.25. The highest BCUT2D eigenvalue weighted by molar-refractivity contribution is 5.00. The standard InChI is InChI=1S/C4HF9O.CH5N/c5-1(2(6,7)8,3(9,10)11)4(12,13)14;1-2/h14H;2H2,1H3. The van der Waals surface area contributed by atoms with E-state index >= 15 is 0 Å². The normalized spacial score (nSPS) is 14.2. The predicted octanol–water partition coefficient (Wildman–Crippen LogP) is 1.98. The van der Waals surface area contributed by atoms with Crippen molar-refractivity contribution >= 4 is 0 Å². The quantitative estimate of drug-likeness (QED) is 0.713. The van der Waals surface area contributed by atoms with E-state index in [0.717, 1.165) is 0 Å². The van der Waals surface area contributed by atoms with Gasteiger partial charge in [-0.2, -0.15) is 35.1 Å². The molecule has 0 fully saturated rings. The van der Waals surface area contributed by atoms with Crippen LogP contribution < -0.4 is 5.73 Å². The van der Waals surface area contributed by atoms with E-state index in [2.05, 4.69) is 5.73 Å². The van der Waals surface area contributed by atoms with Crippen LogP contribution in [0, 0.1) is 0 Å². The lowest BCUT2D eigenvalue weighted by atomic mass is 10.0. The van der Waals surface area contributed by atoms with Gasteiger partial charge in [-0.05, 0) is 7.05 Å². The van der Waals surface area contributed by atoms with Crippen LogP contribution in [0.3, 0.4) is 0 Å². The molecule has 0 heterocycles. The lowest BCUT2D eigenvalue weighted by molar-refractivity contribution is -0.440. The third-order valence-electron chi connectivity index (χ3n) is 1.20. The molecule has 11 heteroatoms. The first-order valence-corrected chi connectivity index (χ1v) is 3.25. The van der Waals surface area contributed by atoms with Crippen LogP contribution >= 0.6 is 0 Å². The van der Waals surface area contributed by atoms with Gasteiger partial charge in [0.2, 0.25) is 0 Å². The first kappa shape index (κ1) is 17.7. The van der Waals surface area contributed by atoms with E-state index in [1.807, 2.05) is 0 Å². The van der Waals surface area contributed by atoms with Crippen molar-refractivity contribution in [2.45, 2.75) is 24.1 Å². The maximum Gasteiger partial charge on any atom is 0.440 e. The van der Waals surface area contributed by atoms with Crippen LogP contribution in [0.25, 0.3) is 0 Å². The van der Waals surface area contributed by atoms with Crippen molar-refractivity contribution < 1.29 is 44.6 Å². The molecule has 0 unspecified atom stereocenters. The lowest BCUT2D eigenvalue weighted by Crippen LogP contribution is -2.64. The Morgan fingerprint density at radius 1 is 0.688 bits per heavy atom. The Morgan fingerprint density at radius 3 is 0.875 bits per heavy atom. The molecule has 0 aromatic rings. The largest absolute Gasteiger partial charge is 0.440 e. The van der Waals surface area contributed by atoms with Gasteiger partial charge in [0, 0.05) is 0 Å². The van der Waals surface area contributed by atoms with E-state index in [-0.39, 0.29) is 0 Å². The molecule has 0 aliphatic carbocycles. The molecule has 0 atom stereocenters. The molecule has 16 heavy (non-hydrogen) atoms. The Labute approximate surface area is 82.8 Å². The zero-order valence-corrected chi connectivity index (χ0v) is 7.43. The summed E-state index contributed by atoms with van der Waals surface area (Å²) in [5, 5.41) is 7.26.